The van der Waals surface area contributed by atoms with Crippen LogP contribution in [0.1, 0.15) is 5.56 Å². The summed E-state index contributed by atoms with van der Waals surface area (Å²) < 4.78 is 15.8. The predicted molar refractivity (Wildman–Crippen MR) is 77.4 cm³/mol. The van der Waals surface area contributed by atoms with Gasteiger partial charge in [0.25, 0.3) is 0 Å². The van der Waals surface area contributed by atoms with E-state index in [0.717, 1.165) is 11.2 Å². The number of imidazole rings is 1. The van der Waals surface area contributed by atoms with E-state index in [1.54, 1.807) is 16.5 Å². The first-order valence-electron chi connectivity index (χ1n) is 5.76. The predicted octanol–water partition coefficient (Wildman–Crippen LogP) is 3.79. The van der Waals surface area contributed by atoms with Crippen molar-refractivity contribution in [1.82, 2.24) is 9.38 Å². The summed E-state index contributed by atoms with van der Waals surface area (Å²) in [5.41, 5.74) is 9.20. The van der Waals surface area contributed by atoms with E-state index in [4.69, 9.17) is 5.73 Å². The standard InChI is InChI=1S/C14H11BrFN3/c1-8-4-5-19-12(6-8)18-13(14(19)17)9-2-3-10(15)11(16)7-9/h2-7H,17H2,1H3. The van der Waals surface area contributed by atoms with Gasteiger partial charge in [0.05, 0.1) is 4.47 Å². The van der Waals surface area contributed by atoms with Crippen LogP contribution in [0, 0.1) is 12.7 Å². The molecular formula is C14H11BrFN3. The van der Waals surface area contributed by atoms with Crippen LogP contribution in [-0.4, -0.2) is 9.38 Å². The fourth-order valence-corrected chi connectivity index (χ4v) is 2.27. The summed E-state index contributed by atoms with van der Waals surface area (Å²) in [5.74, 6) is 0.182. The van der Waals surface area contributed by atoms with Gasteiger partial charge in [-0.3, -0.25) is 4.40 Å². The number of aromatic nitrogens is 2. The van der Waals surface area contributed by atoms with Crippen LogP contribution in [-0.2, 0) is 0 Å². The van der Waals surface area contributed by atoms with Crippen LogP contribution < -0.4 is 5.73 Å². The van der Waals surface area contributed by atoms with Gasteiger partial charge in [0.1, 0.15) is 23.0 Å². The van der Waals surface area contributed by atoms with Crippen LogP contribution >= 0.6 is 15.9 Å². The fourth-order valence-electron chi connectivity index (χ4n) is 2.02. The molecule has 0 radical (unpaired) electrons. The molecule has 0 unspecified atom stereocenters. The molecule has 19 heavy (non-hydrogen) atoms. The molecule has 3 rings (SSSR count). The number of nitrogen functional groups attached to an aromatic ring is 1. The number of benzene rings is 1. The summed E-state index contributed by atoms with van der Waals surface area (Å²) in [6.45, 7) is 1.99. The third kappa shape index (κ3) is 2.00. The first kappa shape index (κ1) is 12.2. The van der Waals surface area contributed by atoms with Crippen LogP contribution in [0.2, 0.25) is 0 Å². The van der Waals surface area contributed by atoms with E-state index < -0.39 is 0 Å². The molecule has 0 aliphatic heterocycles. The molecule has 2 N–H and O–H groups in total. The highest BCUT2D eigenvalue weighted by Gasteiger charge is 2.12. The number of rotatable bonds is 1. The molecule has 96 valence electrons. The van der Waals surface area contributed by atoms with Gasteiger partial charge in [0, 0.05) is 11.8 Å². The number of fused-ring (bicyclic) bond motifs is 1. The van der Waals surface area contributed by atoms with E-state index in [0.29, 0.717) is 21.5 Å². The van der Waals surface area contributed by atoms with Crippen molar-refractivity contribution in [3.63, 3.8) is 0 Å². The van der Waals surface area contributed by atoms with E-state index in [9.17, 15) is 4.39 Å². The maximum Gasteiger partial charge on any atom is 0.139 e. The van der Waals surface area contributed by atoms with Crippen molar-refractivity contribution < 1.29 is 4.39 Å². The second-order valence-corrected chi connectivity index (χ2v) is 5.26. The maximum absolute atomic E-state index is 13.6. The molecule has 2 heterocycles. The Morgan fingerprint density at radius 1 is 1.26 bits per heavy atom. The van der Waals surface area contributed by atoms with Gasteiger partial charge in [-0.05, 0) is 52.7 Å². The monoisotopic (exact) mass is 319 g/mol. The average molecular weight is 320 g/mol. The fraction of sp³-hybridized carbons (Fsp3) is 0.0714. The largest absolute Gasteiger partial charge is 0.383 e. The Hall–Kier alpha value is -1.88. The zero-order valence-electron chi connectivity index (χ0n) is 10.2. The Kier molecular flexibility index (Phi) is 2.78. The minimum Gasteiger partial charge on any atom is -0.383 e. The van der Waals surface area contributed by atoms with Crippen molar-refractivity contribution in [1.29, 1.82) is 0 Å². The zero-order valence-corrected chi connectivity index (χ0v) is 11.8. The summed E-state index contributed by atoms with van der Waals surface area (Å²) in [4.78, 5) is 4.47. The molecule has 2 aromatic heterocycles. The van der Waals surface area contributed by atoms with Crippen molar-refractivity contribution in [3.05, 3.63) is 52.4 Å². The van der Waals surface area contributed by atoms with Crippen LogP contribution in [0.3, 0.4) is 0 Å². The molecule has 0 fully saturated rings. The summed E-state index contributed by atoms with van der Waals surface area (Å²) >= 11 is 3.13. The molecule has 0 spiro atoms. The minimum absolute atomic E-state index is 0.329. The molecule has 0 aliphatic rings. The number of anilines is 1. The van der Waals surface area contributed by atoms with Crippen molar-refractivity contribution in [2.75, 3.05) is 5.73 Å². The summed E-state index contributed by atoms with van der Waals surface area (Å²) in [5, 5.41) is 0. The summed E-state index contributed by atoms with van der Waals surface area (Å²) in [6, 6.07) is 8.76. The van der Waals surface area contributed by atoms with Crippen molar-refractivity contribution in [2.45, 2.75) is 6.92 Å². The molecule has 0 saturated carbocycles. The third-order valence-corrected chi connectivity index (χ3v) is 3.65. The second-order valence-electron chi connectivity index (χ2n) is 4.41. The van der Waals surface area contributed by atoms with E-state index >= 15 is 0 Å². The quantitative estimate of drug-likeness (QED) is 0.741. The second kappa shape index (κ2) is 4.35. The zero-order chi connectivity index (χ0) is 13.6. The Bertz CT molecular complexity index is 780. The number of hydrogen-bond donors (Lipinski definition) is 1. The van der Waals surface area contributed by atoms with Crippen molar-refractivity contribution >= 4 is 27.4 Å². The molecule has 3 nitrogen and oxygen atoms in total. The van der Waals surface area contributed by atoms with Gasteiger partial charge >= 0.3 is 0 Å². The summed E-state index contributed by atoms with van der Waals surface area (Å²) in [7, 11) is 0. The number of nitrogens with zero attached hydrogens (tertiary/aromatic N) is 2. The topological polar surface area (TPSA) is 43.3 Å². The van der Waals surface area contributed by atoms with Gasteiger partial charge in [-0.1, -0.05) is 6.07 Å². The first-order chi connectivity index (χ1) is 9.06. The molecule has 1 aromatic carbocycles. The van der Waals surface area contributed by atoms with Gasteiger partial charge in [-0.25, -0.2) is 9.37 Å². The SMILES string of the molecule is Cc1ccn2c(N)c(-c3ccc(Br)c(F)c3)nc2c1. The average Bonchev–Trinajstić information content (AvgIpc) is 2.70. The smallest absolute Gasteiger partial charge is 0.139 e. The van der Waals surface area contributed by atoms with Crippen molar-refractivity contribution in [3.8, 4) is 11.3 Å². The minimum atomic E-state index is -0.329. The highest BCUT2D eigenvalue weighted by Crippen LogP contribution is 2.29. The Balaban J connectivity index is 2.24. The number of hydrogen-bond acceptors (Lipinski definition) is 2. The molecule has 5 heteroatoms. The molecule has 0 amide bonds. The lowest BCUT2D eigenvalue weighted by atomic mass is 10.1. The third-order valence-electron chi connectivity index (χ3n) is 3.01. The molecule has 3 aromatic rings. The molecule has 0 atom stereocenters. The first-order valence-corrected chi connectivity index (χ1v) is 6.55. The highest BCUT2D eigenvalue weighted by atomic mass is 79.9. The maximum atomic E-state index is 13.6. The number of pyridine rings is 1. The molecule has 0 saturated heterocycles. The molecular weight excluding hydrogens is 309 g/mol. The van der Waals surface area contributed by atoms with Gasteiger partial charge in [-0.2, -0.15) is 0 Å². The van der Waals surface area contributed by atoms with Gasteiger partial charge in [-0.15, -0.1) is 0 Å². The van der Waals surface area contributed by atoms with Gasteiger partial charge in [0.2, 0.25) is 0 Å². The van der Waals surface area contributed by atoms with Crippen LogP contribution in [0.25, 0.3) is 16.9 Å². The number of nitrogens with two attached hydrogens (primary N) is 1. The summed E-state index contributed by atoms with van der Waals surface area (Å²) in [6.07, 6.45) is 1.87. The van der Waals surface area contributed by atoms with Gasteiger partial charge in [0.15, 0.2) is 0 Å². The lowest BCUT2D eigenvalue weighted by Gasteiger charge is -2.01. The lowest BCUT2D eigenvalue weighted by molar-refractivity contribution is 0.621. The Labute approximate surface area is 118 Å². The van der Waals surface area contributed by atoms with Gasteiger partial charge < -0.3 is 5.73 Å². The highest BCUT2D eigenvalue weighted by molar-refractivity contribution is 9.10. The van der Waals surface area contributed by atoms with Crippen LogP contribution in [0.5, 0.6) is 0 Å². The normalized spacial score (nSPS) is 11.1. The van der Waals surface area contributed by atoms with E-state index in [-0.39, 0.29) is 5.82 Å². The Morgan fingerprint density at radius 2 is 2.05 bits per heavy atom. The van der Waals surface area contributed by atoms with E-state index in [1.807, 2.05) is 25.3 Å². The van der Waals surface area contributed by atoms with E-state index in [2.05, 4.69) is 20.9 Å². The van der Waals surface area contributed by atoms with E-state index in [1.165, 1.54) is 6.07 Å². The Morgan fingerprint density at radius 3 is 2.79 bits per heavy atom. The van der Waals surface area contributed by atoms with Crippen LogP contribution in [0.15, 0.2) is 41.0 Å². The van der Waals surface area contributed by atoms with Crippen molar-refractivity contribution in [2.24, 2.45) is 0 Å². The molecule has 0 bridgehead atoms. The molecule has 0 aliphatic carbocycles. The lowest BCUT2D eigenvalue weighted by Crippen LogP contribution is -1.94. The number of halogens is 2. The van der Waals surface area contributed by atoms with Crippen LogP contribution in [0.4, 0.5) is 10.2 Å². The number of aryl methyl sites for hydroxylation is 1.